The Morgan fingerprint density at radius 3 is 2.44 bits per heavy atom. The Hall–Kier alpha value is -3.94. The van der Waals surface area contributed by atoms with E-state index < -0.39 is 35.4 Å². The molecule has 4 rings (SSSR count). The fourth-order valence-electron chi connectivity index (χ4n) is 4.86. The molecule has 0 saturated heterocycles. The predicted molar refractivity (Wildman–Crippen MR) is 129 cm³/mol. The quantitative estimate of drug-likeness (QED) is 0.353. The lowest BCUT2D eigenvalue weighted by Crippen LogP contribution is -2.43. The van der Waals surface area contributed by atoms with Crippen molar-refractivity contribution < 1.29 is 33.0 Å². The Balaban J connectivity index is 1.65. The molecular formula is C28H28FNO6. The Kier molecular flexibility index (Phi) is 7.52. The van der Waals surface area contributed by atoms with Crippen LogP contribution < -0.4 is 10.1 Å². The summed E-state index contributed by atoms with van der Waals surface area (Å²) in [6, 6.07) is 15.1. The van der Waals surface area contributed by atoms with Gasteiger partial charge < -0.3 is 19.5 Å². The molecule has 1 heterocycles. The first-order valence-corrected chi connectivity index (χ1v) is 11.8. The number of dihydropyridines is 1. The van der Waals surface area contributed by atoms with Crippen LogP contribution in [-0.2, 0) is 23.9 Å². The van der Waals surface area contributed by atoms with Crippen molar-refractivity contribution in [2.75, 3.05) is 20.3 Å². The maximum atomic E-state index is 15.1. The molecule has 36 heavy (non-hydrogen) atoms. The zero-order valence-corrected chi connectivity index (χ0v) is 20.4. The molecule has 0 fully saturated rings. The summed E-state index contributed by atoms with van der Waals surface area (Å²) >= 11 is 0. The van der Waals surface area contributed by atoms with Crippen molar-refractivity contribution in [3.8, 4) is 5.75 Å². The zero-order valence-electron chi connectivity index (χ0n) is 20.4. The molecule has 0 aromatic heterocycles. The second-order valence-electron chi connectivity index (χ2n) is 8.85. The third-order valence-electron chi connectivity index (χ3n) is 6.51. The molecule has 1 aliphatic carbocycles. The van der Waals surface area contributed by atoms with Crippen LogP contribution in [0, 0.1) is 17.7 Å². The lowest BCUT2D eigenvalue weighted by Gasteiger charge is -2.38. The van der Waals surface area contributed by atoms with E-state index in [1.54, 1.807) is 32.0 Å². The average Bonchev–Trinajstić information content (AvgIpc) is 2.86. The molecule has 0 radical (unpaired) electrons. The first-order valence-electron chi connectivity index (χ1n) is 11.8. The lowest BCUT2D eigenvalue weighted by atomic mass is 9.69. The minimum Gasteiger partial charge on any atom is -0.490 e. The molecule has 0 saturated carbocycles. The van der Waals surface area contributed by atoms with Crippen molar-refractivity contribution in [3.63, 3.8) is 0 Å². The van der Waals surface area contributed by atoms with Crippen LogP contribution in [0.15, 0.2) is 77.1 Å². The number of ether oxygens (including phenoxy) is 3. The van der Waals surface area contributed by atoms with Crippen LogP contribution in [0.2, 0.25) is 0 Å². The van der Waals surface area contributed by atoms with Crippen LogP contribution in [0.25, 0.3) is 0 Å². The van der Waals surface area contributed by atoms with Gasteiger partial charge in [0.2, 0.25) is 0 Å². The summed E-state index contributed by atoms with van der Waals surface area (Å²) in [5.74, 6) is -4.16. The molecule has 7 nitrogen and oxygen atoms in total. The van der Waals surface area contributed by atoms with E-state index in [9.17, 15) is 14.4 Å². The number of carbonyl (C=O) groups is 3. The first kappa shape index (κ1) is 25.2. The van der Waals surface area contributed by atoms with Crippen molar-refractivity contribution in [3.05, 3.63) is 88.5 Å². The van der Waals surface area contributed by atoms with Crippen molar-refractivity contribution in [2.45, 2.75) is 26.2 Å². The summed E-state index contributed by atoms with van der Waals surface area (Å²) in [6.45, 7) is 3.56. The number of Topliss-reactive ketones (excluding diaryl/α,β-unsaturated/α-hetero) is 1. The van der Waals surface area contributed by atoms with Gasteiger partial charge in [-0.05, 0) is 37.5 Å². The van der Waals surface area contributed by atoms with E-state index >= 15 is 4.39 Å². The first-order chi connectivity index (χ1) is 17.3. The van der Waals surface area contributed by atoms with Crippen LogP contribution in [0.5, 0.6) is 5.75 Å². The number of carbonyl (C=O) groups excluding carboxylic acids is 3. The van der Waals surface area contributed by atoms with Gasteiger partial charge in [0.25, 0.3) is 0 Å². The summed E-state index contributed by atoms with van der Waals surface area (Å²) in [5.41, 5.74) is 1.50. The summed E-state index contributed by atoms with van der Waals surface area (Å²) in [7, 11) is 1.23. The maximum Gasteiger partial charge on any atom is 0.336 e. The van der Waals surface area contributed by atoms with Crippen molar-refractivity contribution in [1.82, 2.24) is 5.32 Å². The molecule has 0 amide bonds. The van der Waals surface area contributed by atoms with Gasteiger partial charge >= 0.3 is 11.9 Å². The van der Waals surface area contributed by atoms with Crippen molar-refractivity contribution >= 4 is 17.7 Å². The second kappa shape index (κ2) is 10.8. The molecule has 0 bridgehead atoms. The van der Waals surface area contributed by atoms with Crippen molar-refractivity contribution in [2.24, 2.45) is 11.8 Å². The van der Waals surface area contributed by atoms with E-state index in [0.717, 1.165) is 0 Å². The Bertz CT molecular complexity index is 1240. The average molecular weight is 494 g/mol. The standard InChI is InChI=1S/C28H28FNO6/c1-16-15-21-25(26(31)22(16)27(32)34-3)24(19-11-7-8-12-20(19)29)23(17(2)30-21)28(33)36-14-13-35-18-9-5-4-6-10-18/h4-12,16,22,24,30H,13-15H2,1-3H3/t16-,22+,24-/m1/s1. The van der Waals surface area contributed by atoms with Crippen LogP contribution in [0.3, 0.4) is 0 Å². The Labute approximate surface area is 208 Å². The molecule has 3 atom stereocenters. The highest BCUT2D eigenvalue weighted by atomic mass is 19.1. The number of benzene rings is 2. The molecule has 0 spiro atoms. The van der Waals surface area contributed by atoms with Crippen LogP contribution in [0.4, 0.5) is 4.39 Å². The van der Waals surface area contributed by atoms with Crippen LogP contribution in [-0.4, -0.2) is 38.0 Å². The fraction of sp³-hybridized carbons (Fsp3) is 0.321. The largest absolute Gasteiger partial charge is 0.490 e. The van der Waals surface area contributed by atoms with Gasteiger partial charge in [-0.3, -0.25) is 9.59 Å². The van der Waals surface area contributed by atoms with Gasteiger partial charge in [0, 0.05) is 22.5 Å². The fourth-order valence-corrected chi connectivity index (χ4v) is 4.86. The summed E-state index contributed by atoms with van der Waals surface area (Å²) < 4.78 is 31.0. The molecule has 2 aromatic rings. The van der Waals surface area contributed by atoms with Crippen LogP contribution >= 0.6 is 0 Å². The van der Waals surface area contributed by atoms with Gasteiger partial charge in [-0.1, -0.05) is 43.3 Å². The van der Waals surface area contributed by atoms with Crippen LogP contribution in [0.1, 0.15) is 31.7 Å². The van der Waals surface area contributed by atoms with E-state index in [-0.39, 0.29) is 35.8 Å². The highest BCUT2D eigenvalue weighted by Crippen LogP contribution is 2.46. The lowest BCUT2D eigenvalue weighted by molar-refractivity contribution is -0.151. The van der Waals surface area contributed by atoms with Gasteiger partial charge in [0.1, 0.15) is 30.7 Å². The van der Waals surface area contributed by atoms with Crippen molar-refractivity contribution in [1.29, 1.82) is 0 Å². The minimum atomic E-state index is -1.04. The molecule has 2 aromatic carbocycles. The van der Waals surface area contributed by atoms with Gasteiger partial charge in [0.05, 0.1) is 18.6 Å². The second-order valence-corrected chi connectivity index (χ2v) is 8.85. The van der Waals surface area contributed by atoms with E-state index in [1.807, 2.05) is 18.2 Å². The highest BCUT2D eigenvalue weighted by molar-refractivity contribution is 6.12. The van der Waals surface area contributed by atoms with E-state index in [0.29, 0.717) is 23.6 Å². The predicted octanol–water partition coefficient (Wildman–Crippen LogP) is 4.06. The monoisotopic (exact) mass is 493 g/mol. The number of allylic oxidation sites excluding steroid dienone is 3. The Morgan fingerprint density at radius 1 is 1.06 bits per heavy atom. The smallest absolute Gasteiger partial charge is 0.336 e. The van der Waals surface area contributed by atoms with E-state index in [2.05, 4.69) is 5.32 Å². The molecule has 188 valence electrons. The SMILES string of the molecule is COC(=O)[C@@H]1C(=O)C2=C(C[C@H]1C)NC(C)=C(C(=O)OCCOc1ccccc1)[C@H]2c1ccccc1F. The number of rotatable bonds is 7. The van der Waals surface area contributed by atoms with Gasteiger partial charge in [0.15, 0.2) is 5.78 Å². The normalized spacial score (nSPS) is 21.4. The number of ketones is 1. The third kappa shape index (κ3) is 4.89. The van der Waals surface area contributed by atoms with Gasteiger partial charge in [-0.2, -0.15) is 0 Å². The number of esters is 2. The zero-order chi connectivity index (χ0) is 25.8. The maximum absolute atomic E-state index is 15.1. The number of para-hydroxylation sites is 1. The topological polar surface area (TPSA) is 90.9 Å². The number of hydrogen-bond donors (Lipinski definition) is 1. The summed E-state index contributed by atoms with van der Waals surface area (Å²) in [5, 5.41) is 3.15. The van der Waals surface area contributed by atoms with Gasteiger partial charge in [-0.15, -0.1) is 0 Å². The van der Waals surface area contributed by atoms with E-state index in [4.69, 9.17) is 14.2 Å². The minimum absolute atomic E-state index is 0.0455. The van der Waals surface area contributed by atoms with E-state index in [1.165, 1.54) is 25.3 Å². The number of hydrogen-bond acceptors (Lipinski definition) is 7. The number of nitrogens with one attached hydrogen (secondary N) is 1. The molecule has 1 aliphatic heterocycles. The number of methoxy groups -OCH3 is 1. The van der Waals surface area contributed by atoms with Gasteiger partial charge in [-0.25, -0.2) is 9.18 Å². The molecule has 8 heteroatoms. The summed E-state index contributed by atoms with van der Waals surface area (Å²) in [6.07, 6.45) is 0.371. The molecular weight excluding hydrogens is 465 g/mol. The highest BCUT2D eigenvalue weighted by Gasteiger charge is 2.47. The molecule has 0 unspecified atom stereocenters. The Morgan fingerprint density at radius 2 is 1.75 bits per heavy atom. The molecule has 1 N–H and O–H groups in total. The summed E-state index contributed by atoms with van der Waals surface area (Å²) in [4.78, 5) is 39.4. The number of halogens is 1. The third-order valence-corrected chi connectivity index (χ3v) is 6.51. The molecule has 2 aliphatic rings.